The van der Waals surface area contributed by atoms with Gasteiger partial charge >= 0.3 is 6.03 Å². The molecule has 1 N–H and O–H groups in total. The number of non-ortho nitro benzene ring substituents is 1. The molecule has 9 heteroatoms. The molecule has 0 radical (unpaired) electrons. The number of urea groups is 1. The van der Waals surface area contributed by atoms with Crippen LogP contribution >= 0.6 is 0 Å². The van der Waals surface area contributed by atoms with Crippen LogP contribution in [-0.2, 0) is 22.4 Å². The summed E-state index contributed by atoms with van der Waals surface area (Å²) in [6.45, 7) is 1.84. The van der Waals surface area contributed by atoms with Crippen LogP contribution in [-0.4, -0.2) is 27.8 Å². The molecule has 1 aliphatic rings. The van der Waals surface area contributed by atoms with E-state index in [-0.39, 0.29) is 18.5 Å². The highest BCUT2D eigenvalue weighted by molar-refractivity contribution is 6.30. The molecule has 1 fully saturated rings. The molecule has 4 amide bonds. The number of carbonyl (C=O) groups excluding carboxylic acids is 3. The monoisotopic (exact) mass is 458 g/mol. The van der Waals surface area contributed by atoms with Crippen molar-refractivity contribution in [3.05, 3.63) is 99.9 Å². The Hall–Kier alpha value is -4.40. The molecule has 172 valence electrons. The van der Waals surface area contributed by atoms with E-state index in [0.29, 0.717) is 17.7 Å². The van der Waals surface area contributed by atoms with Gasteiger partial charge in [-0.1, -0.05) is 24.3 Å². The van der Waals surface area contributed by atoms with Gasteiger partial charge in [0.25, 0.3) is 11.6 Å². The van der Waals surface area contributed by atoms with Gasteiger partial charge < -0.3 is 0 Å². The van der Waals surface area contributed by atoms with E-state index in [1.54, 1.807) is 42.7 Å². The third-order valence-corrected chi connectivity index (χ3v) is 5.97. The summed E-state index contributed by atoms with van der Waals surface area (Å²) in [6, 6.07) is 15.4. The smallest absolute Gasteiger partial charge is 0.276 e. The maximum Gasteiger partial charge on any atom is 0.335 e. The summed E-state index contributed by atoms with van der Waals surface area (Å²) in [7, 11) is 0. The zero-order valence-corrected chi connectivity index (χ0v) is 18.4. The maximum absolute atomic E-state index is 13.9. The highest BCUT2D eigenvalue weighted by atomic mass is 16.6. The molecule has 2 aromatic carbocycles. The third kappa shape index (κ3) is 4.40. The summed E-state index contributed by atoms with van der Waals surface area (Å²) >= 11 is 0. The summed E-state index contributed by atoms with van der Waals surface area (Å²) in [5.74, 6) is -1.31. The molecule has 1 aromatic heterocycles. The van der Waals surface area contributed by atoms with Crippen LogP contribution in [0.25, 0.3) is 0 Å². The lowest BCUT2D eigenvalue weighted by Gasteiger charge is -2.39. The minimum Gasteiger partial charge on any atom is -0.276 e. The van der Waals surface area contributed by atoms with Gasteiger partial charge in [0.2, 0.25) is 5.91 Å². The van der Waals surface area contributed by atoms with Crippen LogP contribution in [0, 0.1) is 22.5 Å². The average Bonchev–Trinajstić information content (AvgIpc) is 2.82. The van der Waals surface area contributed by atoms with E-state index in [4.69, 9.17) is 0 Å². The van der Waals surface area contributed by atoms with Crippen LogP contribution < -0.4 is 10.2 Å². The largest absolute Gasteiger partial charge is 0.335 e. The number of aromatic nitrogens is 1. The zero-order chi connectivity index (χ0) is 24.3. The van der Waals surface area contributed by atoms with Gasteiger partial charge in [-0.15, -0.1) is 0 Å². The lowest BCUT2D eigenvalue weighted by Crippen LogP contribution is -2.65. The van der Waals surface area contributed by atoms with Crippen LogP contribution in [0.4, 0.5) is 16.2 Å². The summed E-state index contributed by atoms with van der Waals surface area (Å²) in [5.41, 5.74) is 1.00. The molecule has 0 unspecified atom stereocenters. The van der Waals surface area contributed by atoms with E-state index in [2.05, 4.69) is 10.3 Å². The first kappa shape index (κ1) is 22.8. The molecule has 0 bridgehead atoms. The quantitative estimate of drug-likeness (QED) is 0.327. The highest BCUT2D eigenvalue weighted by Gasteiger charge is 2.54. The number of nitrogens with one attached hydrogen (secondary N) is 1. The van der Waals surface area contributed by atoms with Crippen molar-refractivity contribution >= 4 is 29.2 Å². The Morgan fingerprint density at radius 3 is 2.35 bits per heavy atom. The minimum absolute atomic E-state index is 0.0175. The predicted octanol–water partition coefficient (Wildman–Crippen LogP) is 3.74. The second-order valence-electron chi connectivity index (χ2n) is 8.28. The Balaban J connectivity index is 1.75. The van der Waals surface area contributed by atoms with Crippen molar-refractivity contribution in [2.45, 2.75) is 26.2 Å². The number of imide groups is 2. The molecule has 34 heavy (non-hydrogen) atoms. The third-order valence-electron chi connectivity index (χ3n) is 5.97. The Morgan fingerprint density at radius 1 is 1.00 bits per heavy atom. The van der Waals surface area contributed by atoms with Crippen molar-refractivity contribution in [3.8, 4) is 0 Å². The lowest BCUT2D eigenvalue weighted by molar-refractivity contribution is -0.384. The fourth-order valence-electron chi connectivity index (χ4n) is 4.13. The van der Waals surface area contributed by atoms with Gasteiger partial charge in [0.15, 0.2) is 0 Å². The molecule has 0 saturated carbocycles. The molecular weight excluding hydrogens is 436 g/mol. The van der Waals surface area contributed by atoms with Crippen molar-refractivity contribution in [1.29, 1.82) is 0 Å². The van der Waals surface area contributed by atoms with Crippen molar-refractivity contribution < 1.29 is 19.3 Å². The van der Waals surface area contributed by atoms with Crippen LogP contribution in [0.5, 0.6) is 0 Å². The summed E-state index contributed by atoms with van der Waals surface area (Å²) in [4.78, 5) is 55.5. The normalized spacial score (nSPS) is 18.0. The van der Waals surface area contributed by atoms with E-state index >= 15 is 0 Å². The highest BCUT2D eigenvalue weighted by Crippen LogP contribution is 2.37. The van der Waals surface area contributed by atoms with Crippen molar-refractivity contribution in [1.82, 2.24) is 10.3 Å². The number of nitro benzene ring substituents is 1. The molecule has 3 aromatic rings. The predicted molar refractivity (Wildman–Crippen MR) is 124 cm³/mol. The fraction of sp³-hybridized carbons (Fsp3) is 0.200. The molecule has 9 nitrogen and oxygen atoms in total. The number of nitro groups is 1. The second-order valence-corrected chi connectivity index (χ2v) is 8.28. The van der Waals surface area contributed by atoms with Crippen LogP contribution in [0.15, 0.2) is 73.1 Å². The molecule has 1 aliphatic heterocycles. The Bertz CT molecular complexity index is 1260. The average molecular weight is 458 g/mol. The van der Waals surface area contributed by atoms with E-state index in [9.17, 15) is 24.5 Å². The van der Waals surface area contributed by atoms with Gasteiger partial charge in [-0.05, 0) is 67.1 Å². The van der Waals surface area contributed by atoms with Crippen molar-refractivity contribution in [2.24, 2.45) is 5.41 Å². The SMILES string of the molecule is Cc1cccc(N2C(=O)NC(=O)[C@@](CCc3ccncc3)(Cc3ccc([N+](=O)[O-])cc3)C2=O)c1. The first-order chi connectivity index (χ1) is 16.3. The number of pyridine rings is 1. The number of barbiturate groups is 1. The summed E-state index contributed by atoms with van der Waals surface area (Å²) in [6.07, 6.45) is 3.77. The molecule has 1 saturated heterocycles. The zero-order valence-electron chi connectivity index (χ0n) is 18.4. The summed E-state index contributed by atoms with van der Waals surface area (Å²) < 4.78 is 0. The molecule has 0 aliphatic carbocycles. The topological polar surface area (TPSA) is 123 Å². The number of rotatable bonds is 7. The number of hydrogen-bond acceptors (Lipinski definition) is 6. The van der Waals surface area contributed by atoms with E-state index in [1.807, 2.05) is 13.0 Å². The number of amides is 4. The molecule has 1 atom stereocenters. The maximum atomic E-state index is 13.9. The molecule has 2 heterocycles. The minimum atomic E-state index is -1.59. The molecular formula is C25H22N4O5. The van der Waals surface area contributed by atoms with Gasteiger partial charge in [0.1, 0.15) is 5.41 Å². The first-order valence-corrected chi connectivity index (χ1v) is 10.7. The lowest BCUT2D eigenvalue weighted by atomic mass is 9.73. The van der Waals surface area contributed by atoms with Crippen molar-refractivity contribution in [2.75, 3.05) is 4.90 Å². The van der Waals surface area contributed by atoms with Gasteiger partial charge in [-0.2, -0.15) is 0 Å². The standard InChI is InChI=1S/C25H22N4O5/c1-17-3-2-4-21(15-17)28-23(31)25(22(30)27-24(28)32,12-9-18-10-13-26-14-11-18)16-19-5-7-20(8-6-19)29(33)34/h2-8,10-11,13-15H,9,12,16H2,1H3,(H,27,30,32)/t25-/m1/s1. The van der Waals surface area contributed by atoms with E-state index in [1.165, 1.54) is 24.3 Å². The van der Waals surface area contributed by atoms with E-state index in [0.717, 1.165) is 16.0 Å². The number of aryl methyl sites for hydroxylation is 2. The van der Waals surface area contributed by atoms with Crippen LogP contribution in [0.3, 0.4) is 0 Å². The van der Waals surface area contributed by atoms with Crippen LogP contribution in [0.2, 0.25) is 0 Å². The Labute approximate surface area is 195 Å². The van der Waals surface area contributed by atoms with Gasteiger partial charge in [0.05, 0.1) is 10.6 Å². The van der Waals surface area contributed by atoms with Crippen LogP contribution in [0.1, 0.15) is 23.1 Å². The number of hydrogen-bond donors (Lipinski definition) is 1. The number of carbonyl (C=O) groups is 3. The van der Waals surface area contributed by atoms with Gasteiger partial charge in [-0.3, -0.25) is 30.0 Å². The number of anilines is 1. The Kier molecular flexibility index (Phi) is 6.18. The van der Waals surface area contributed by atoms with Gasteiger partial charge in [-0.25, -0.2) is 9.69 Å². The van der Waals surface area contributed by atoms with E-state index < -0.39 is 28.2 Å². The number of benzene rings is 2. The van der Waals surface area contributed by atoms with Crippen molar-refractivity contribution in [3.63, 3.8) is 0 Å². The molecule has 4 rings (SSSR count). The van der Waals surface area contributed by atoms with Gasteiger partial charge in [0, 0.05) is 24.5 Å². The first-order valence-electron chi connectivity index (χ1n) is 10.7. The number of nitrogens with zero attached hydrogens (tertiary/aromatic N) is 3. The molecule has 0 spiro atoms. The Morgan fingerprint density at radius 2 is 1.71 bits per heavy atom. The summed E-state index contributed by atoms with van der Waals surface area (Å²) in [5, 5.41) is 13.4. The fourth-order valence-corrected chi connectivity index (χ4v) is 4.13. The second kappa shape index (κ2) is 9.22.